The molecule has 1 aliphatic rings. The van der Waals surface area contributed by atoms with Crippen molar-refractivity contribution in [1.82, 2.24) is 25.0 Å². The summed E-state index contributed by atoms with van der Waals surface area (Å²) >= 11 is 0. The van der Waals surface area contributed by atoms with E-state index in [9.17, 15) is 0 Å². The number of aromatic nitrogens is 3. The lowest BCUT2D eigenvalue weighted by atomic mass is 9.99. The maximum Gasteiger partial charge on any atom is 0.194 e. The van der Waals surface area contributed by atoms with E-state index >= 15 is 0 Å². The average molecular weight is 384 g/mol. The minimum Gasteiger partial charge on any atom is -0.372 e. The van der Waals surface area contributed by atoms with E-state index in [-0.39, 0.29) is 0 Å². The highest BCUT2D eigenvalue weighted by Gasteiger charge is 2.16. The topological polar surface area (TPSA) is 61.6 Å². The summed E-state index contributed by atoms with van der Waals surface area (Å²) in [6.45, 7) is 8.90. The Kier molecular flexibility index (Phi) is 6.90. The summed E-state index contributed by atoms with van der Waals surface area (Å²) in [6.07, 6.45) is 4.16. The summed E-state index contributed by atoms with van der Waals surface area (Å²) in [7, 11) is 3.93. The van der Waals surface area contributed by atoms with Crippen LogP contribution in [-0.2, 0) is 20.1 Å². The first kappa shape index (κ1) is 20.2. The van der Waals surface area contributed by atoms with Crippen molar-refractivity contribution >= 4 is 11.6 Å². The number of aliphatic imine (C=N–C) groups is 1. The van der Waals surface area contributed by atoms with Gasteiger partial charge in [0, 0.05) is 39.4 Å². The fourth-order valence-electron chi connectivity index (χ4n) is 3.47. The molecule has 0 atom stereocenters. The van der Waals surface area contributed by atoms with E-state index in [4.69, 9.17) is 4.99 Å². The van der Waals surface area contributed by atoms with Gasteiger partial charge >= 0.3 is 0 Å². The summed E-state index contributed by atoms with van der Waals surface area (Å²) in [5.41, 5.74) is 2.54. The maximum absolute atomic E-state index is 4.81. The number of benzene rings is 1. The minimum absolute atomic E-state index is 0.656. The van der Waals surface area contributed by atoms with Crippen LogP contribution in [-0.4, -0.2) is 52.3 Å². The average Bonchev–Trinajstić information content (AvgIpc) is 3.10. The molecule has 3 rings (SSSR count). The third-order valence-electron chi connectivity index (χ3n) is 5.38. The largest absolute Gasteiger partial charge is 0.372 e. The maximum atomic E-state index is 4.81. The highest BCUT2D eigenvalue weighted by atomic mass is 15.4. The van der Waals surface area contributed by atoms with Crippen molar-refractivity contribution < 1.29 is 0 Å². The first-order valence-electron chi connectivity index (χ1n) is 10.2. The molecule has 0 aliphatic carbocycles. The van der Waals surface area contributed by atoms with Crippen LogP contribution in [0.15, 0.2) is 35.6 Å². The zero-order chi connectivity index (χ0) is 19.9. The molecule has 0 unspecified atom stereocenters. The number of hydrogen-bond acceptors (Lipinski definition) is 4. The van der Waals surface area contributed by atoms with Crippen molar-refractivity contribution in [2.24, 2.45) is 18.0 Å². The van der Waals surface area contributed by atoms with Crippen LogP contribution in [0.3, 0.4) is 0 Å². The molecular formula is C21H33N7. The Balaban J connectivity index is 1.61. The number of guanidine groups is 1. The van der Waals surface area contributed by atoms with Gasteiger partial charge in [0.05, 0.1) is 13.1 Å². The number of aryl methyl sites for hydroxylation is 1. The van der Waals surface area contributed by atoms with Crippen LogP contribution in [0, 0.1) is 5.92 Å². The van der Waals surface area contributed by atoms with Crippen LogP contribution in [0.25, 0.3) is 0 Å². The second-order valence-electron chi connectivity index (χ2n) is 7.66. The second-order valence-corrected chi connectivity index (χ2v) is 7.66. The van der Waals surface area contributed by atoms with E-state index in [1.165, 1.54) is 24.1 Å². The molecule has 0 spiro atoms. The van der Waals surface area contributed by atoms with Gasteiger partial charge in [-0.3, -0.25) is 4.68 Å². The molecule has 1 aromatic carbocycles. The Morgan fingerprint density at radius 2 is 1.96 bits per heavy atom. The van der Waals surface area contributed by atoms with Crippen LogP contribution in [0.1, 0.15) is 38.1 Å². The van der Waals surface area contributed by atoms with Gasteiger partial charge < -0.3 is 15.1 Å². The third kappa shape index (κ3) is 5.24. The predicted octanol–water partition coefficient (Wildman–Crippen LogP) is 2.65. The van der Waals surface area contributed by atoms with E-state index in [2.05, 4.69) is 63.3 Å². The van der Waals surface area contributed by atoms with Crippen molar-refractivity contribution in [2.75, 3.05) is 31.6 Å². The van der Waals surface area contributed by atoms with E-state index in [1.54, 1.807) is 11.0 Å². The lowest BCUT2D eigenvalue weighted by molar-refractivity contribution is 0.438. The molecule has 1 aromatic heterocycles. The van der Waals surface area contributed by atoms with E-state index in [0.29, 0.717) is 13.1 Å². The monoisotopic (exact) mass is 383 g/mol. The molecule has 0 radical (unpaired) electrons. The zero-order valence-electron chi connectivity index (χ0n) is 17.6. The Bertz CT molecular complexity index is 757. The smallest absolute Gasteiger partial charge is 0.194 e. The Morgan fingerprint density at radius 1 is 1.25 bits per heavy atom. The van der Waals surface area contributed by atoms with Gasteiger partial charge in [-0.2, -0.15) is 5.10 Å². The van der Waals surface area contributed by atoms with Gasteiger partial charge in [-0.25, -0.2) is 9.98 Å². The highest BCUT2D eigenvalue weighted by molar-refractivity contribution is 5.79. The quantitative estimate of drug-likeness (QED) is 0.614. The summed E-state index contributed by atoms with van der Waals surface area (Å²) in [5, 5.41) is 7.50. The number of hydrogen-bond donors (Lipinski definition) is 1. The fraction of sp³-hybridized carbons (Fsp3) is 0.571. The zero-order valence-corrected chi connectivity index (χ0v) is 17.6. The summed E-state index contributed by atoms with van der Waals surface area (Å²) in [5.74, 6) is 2.64. The van der Waals surface area contributed by atoms with Gasteiger partial charge in [0.15, 0.2) is 5.96 Å². The van der Waals surface area contributed by atoms with Crippen LogP contribution in [0.5, 0.6) is 0 Å². The molecule has 1 aliphatic heterocycles. The van der Waals surface area contributed by atoms with Crippen LogP contribution in [0.2, 0.25) is 0 Å². The van der Waals surface area contributed by atoms with Gasteiger partial charge in [-0.15, -0.1) is 0 Å². The lowest BCUT2D eigenvalue weighted by Crippen LogP contribution is -2.39. The summed E-state index contributed by atoms with van der Waals surface area (Å²) in [6, 6.07) is 8.86. The molecule has 0 saturated carbocycles. The van der Waals surface area contributed by atoms with Crippen molar-refractivity contribution in [1.29, 1.82) is 0 Å². The lowest BCUT2D eigenvalue weighted by Gasteiger charge is -2.32. The van der Waals surface area contributed by atoms with E-state index < -0.39 is 0 Å². The van der Waals surface area contributed by atoms with Crippen LogP contribution < -0.4 is 10.2 Å². The molecule has 2 heterocycles. The van der Waals surface area contributed by atoms with Gasteiger partial charge in [0.1, 0.15) is 12.2 Å². The van der Waals surface area contributed by atoms with Crippen molar-refractivity contribution in [3.05, 3.63) is 42.0 Å². The number of rotatable bonds is 6. The normalized spacial score (nSPS) is 15.7. The SMILES string of the molecule is CCNC(=NCc1ccc(N2CCC(C)CC2)cc1)N(C)Cc1ncnn1C. The number of nitrogens with zero attached hydrogens (tertiary/aromatic N) is 6. The number of anilines is 1. The molecule has 2 aromatic rings. The molecule has 1 N–H and O–H groups in total. The summed E-state index contributed by atoms with van der Waals surface area (Å²) < 4.78 is 1.79. The molecule has 28 heavy (non-hydrogen) atoms. The van der Waals surface area contributed by atoms with Gasteiger partial charge in [0.2, 0.25) is 0 Å². The molecule has 7 nitrogen and oxygen atoms in total. The van der Waals surface area contributed by atoms with Gasteiger partial charge in [0.25, 0.3) is 0 Å². The molecule has 1 saturated heterocycles. The fourth-order valence-corrected chi connectivity index (χ4v) is 3.47. The first-order valence-corrected chi connectivity index (χ1v) is 10.2. The third-order valence-corrected chi connectivity index (χ3v) is 5.38. The van der Waals surface area contributed by atoms with Gasteiger partial charge in [-0.1, -0.05) is 19.1 Å². The molecule has 7 heteroatoms. The first-order chi connectivity index (χ1) is 13.6. The van der Waals surface area contributed by atoms with Crippen LogP contribution in [0.4, 0.5) is 5.69 Å². The molecule has 0 bridgehead atoms. The van der Waals surface area contributed by atoms with E-state index in [0.717, 1.165) is 37.3 Å². The highest BCUT2D eigenvalue weighted by Crippen LogP contribution is 2.23. The number of nitrogens with one attached hydrogen (secondary N) is 1. The van der Waals surface area contributed by atoms with Crippen molar-refractivity contribution in [3.8, 4) is 0 Å². The Hall–Kier alpha value is -2.57. The van der Waals surface area contributed by atoms with E-state index in [1.807, 2.05) is 14.1 Å². The predicted molar refractivity (Wildman–Crippen MR) is 114 cm³/mol. The molecule has 152 valence electrons. The van der Waals surface area contributed by atoms with Gasteiger partial charge in [-0.05, 0) is 43.4 Å². The van der Waals surface area contributed by atoms with Crippen molar-refractivity contribution in [2.45, 2.75) is 39.8 Å². The Morgan fingerprint density at radius 3 is 2.57 bits per heavy atom. The molecular weight excluding hydrogens is 350 g/mol. The van der Waals surface area contributed by atoms with Crippen LogP contribution >= 0.6 is 0 Å². The Labute approximate surface area is 168 Å². The number of piperidine rings is 1. The molecule has 0 amide bonds. The second kappa shape index (κ2) is 9.57. The van der Waals surface area contributed by atoms with Crippen molar-refractivity contribution in [3.63, 3.8) is 0 Å². The summed E-state index contributed by atoms with van der Waals surface area (Å²) in [4.78, 5) is 13.7. The standard InChI is InChI=1S/C21H33N7/c1-5-22-21(26(3)15-20-24-16-25-27(20)4)23-14-18-6-8-19(9-7-18)28-12-10-17(2)11-13-28/h6-9,16-17H,5,10-15H2,1-4H3,(H,22,23). The molecule has 1 fully saturated rings. The minimum atomic E-state index is 0.656.